The molecule has 24 aromatic rings. The third-order valence-electron chi connectivity index (χ3n) is 27.0. The van der Waals surface area contributed by atoms with Crippen LogP contribution in [0.15, 0.2) is 438 Å². The van der Waals surface area contributed by atoms with Crippen molar-refractivity contribution in [1.82, 2.24) is 34.9 Å². The number of aromatic nitrogens is 7. The Morgan fingerprint density at radius 1 is 0.177 bits per heavy atom. The second-order valence-electron chi connectivity index (χ2n) is 33.8. The van der Waals surface area contributed by atoms with Gasteiger partial charge >= 0.3 is 0 Å². The van der Waals surface area contributed by atoms with Crippen LogP contribution in [-0.4, -0.2) is 34.9 Å². The number of hydrogen-bond acceptors (Lipinski definition) is 11. The van der Waals surface area contributed by atoms with Crippen molar-refractivity contribution in [3.8, 4) is 113 Å². The number of rotatable bonds is 8. The zero-order valence-electron chi connectivity index (χ0n) is 69.6. The summed E-state index contributed by atoms with van der Waals surface area (Å²) in [6, 6.07) is 151. The molecule has 7 nitrogen and oxygen atoms in total. The molecule has 0 amide bonds. The Balaban J connectivity index is 0.000000134. The molecule has 8 heterocycles. The van der Waals surface area contributed by atoms with Gasteiger partial charge in [0.15, 0.2) is 23.3 Å². The molecule has 2 spiro atoms. The Bertz CT molecular complexity index is 8280. The van der Waals surface area contributed by atoms with Crippen molar-refractivity contribution in [2.75, 3.05) is 0 Å². The molecule has 130 heavy (non-hydrogen) atoms. The zero-order chi connectivity index (χ0) is 85.3. The Labute approximate surface area is 765 Å². The SMILES string of the molecule is c1ccc(-c2nc(-c3ccc(-c4nc5ccccc5c5cc6c(cc45)Sc4ccccc4C64c5ccccc5-c5ccccc54)cc3)cc(-c3cccc4c3sc3ccccc34)n2)cc1.c1ccc(-c2nc(-c3ccc(-c4nc5ccccc5c5cc6c(cc45)Sc4ccccc4C64c5ccccc5-c5ccccc54)cc3)nc(-c3cccc4c3sc3ccccc34)n2)cc1. The molecule has 4 aliphatic rings. The third kappa shape index (κ3) is 11.4. The van der Waals surface area contributed by atoms with Crippen molar-refractivity contribution in [3.63, 3.8) is 0 Å². The van der Waals surface area contributed by atoms with E-state index in [1.807, 2.05) is 71.3 Å². The molecule has 0 saturated heterocycles. The topological polar surface area (TPSA) is 90.2 Å². The van der Waals surface area contributed by atoms with Crippen LogP contribution in [0.25, 0.3) is 197 Å². The second kappa shape index (κ2) is 29.6. The molecule has 0 saturated carbocycles. The summed E-state index contributed by atoms with van der Waals surface area (Å²) in [6.07, 6.45) is 0. The molecule has 6 aromatic heterocycles. The van der Waals surface area contributed by atoms with Gasteiger partial charge in [0.1, 0.15) is 0 Å². The highest BCUT2D eigenvalue weighted by Gasteiger charge is 2.52. The maximum Gasteiger partial charge on any atom is 0.165 e. The van der Waals surface area contributed by atoms with E-state index in [1.54, 1.807) is 11.3 Å². The molecule has 0 atom stereocenters. The Morgan fingerprint density at radius 3 is 0.992 bits per heavy atom. The van der Waals surface area contributed by atoms with E-state index in [0.29, 0.717) is 23.3 Å². The third-order valence-corrected chi connectivity index (χ3v) is 31.7. The smallest absolute Gasteiger partial charge is 0.165 e. The lowest BCUT2D eigenvalue weighted by atomic mass is 9.67. The molecule has 2 aliphatic carbocycles. The van der Waals surface area contributed by atoms with Crippen LogP contribution in [-0.2, 0) is 10.8 Å². The van der Waals surface area contributed by atoms with Crippen LogP contribution >= 0.6 is 46.2 Å². The molecule has 0 radical (unpaired) electrons. The summed E-state index contributed by atoms with van der Waals surface area (Å²) < 4.78 is 4.93. The number of nitrogens with zero attached hydrogens (tertiary/aromatic N) is 7. The van der Waals surface area contributed by atoms with E-state index in [2.05, 4.69) is 382 Å². The lowest BCUT2D eigenvalue weighted by Crippen LogP contribution is -2.32. The Morgan fingerprint density at radius 2 is 0.515 bits per heavy atom. The van der Waals surface area contributed by atoms with Gasteiger partial charge in [-0.3, -0.25) is 0 Å². The van der Waals surface area contributed by atoms with E-state index < -0.39 is 10.8 Å². The maximum atomic E-state index is 5.45. The first-order valence-electron chi connectivity index (χ1n) is 43.9. The molecule has 604 valence electrons. The van der Waals surface area contributed by atoms with Crippen LogP contribution in [0.3, 0.4) is 0 Å². The highest BCUT2D eigenvalue weighted by molar-refractivity contribution is 7.99. The maximum absolute atomic E-state index is 5.45. The molecule has 0 unspecified atom stereocenters. The number of pyridine rings is 2. The lowest BCUT2D eigenvalue weighted by molar-refractivity contribution is 0.724. The number of para-hydroxylation sites is 2. The molecular formula is C119H69N7S4. The summed E-state index contributed by atoms with van der Waals surface area (Å²) >= 11 is 7.35. The van der Waals surface area contributed by atoms with Crippen LogP contribution < -0.4 is 0 Å². The van der Waals surface area contributed by atoms with Gasteiger partial charge in [0.05, 0.1) is 44.6 Å². The van der Waals surface area contributed by atoms with Crippen molar-refractivity contribution in [2.45, 2.75) is 30.4 Å². The quantitative estimate of drug-likeness (QED) is 0.138. The Hall–Kier alpha value is -15.5. The average molecular weight is 1730 g/mol. The predicted molar refractivity (Wildman–Crippen MR) is 540 cm³/mol. The van der Waals surface area contributed by atoms with Crippen LogP contribution in [0.4, 0.5) is 0 Å². The molecule has 28 rings (SSSR count). The fraction of sp³-hybridized carbons (Fsp3) is 0.0168. The molecule has 0 N–H and O–H groups in total. The number of thiophene rings is 2. The van der Waals surface area contributed by atoms with E-state index >= 15 is 0 Å². The standard InChI is InChI=1S/C60H35N3S2.C59H34N4S2/c1-2-15-38(16-3-1)59-62-52(35-53(63-59)44-22-14-21-43-42-20-7-12-27-54(42)65-58(43)44)36-29-31-37(32-30-36)57-46-34-56-50(33-45(46)41-19-6-11-26-51(41)61-57)60(49-25-10-13-28-55(49)64-56)47-23-8-4-17-39(47)40-18-5-9-24-48(40)60;1-2-15-36(16-3-1)56-61-57(63-58(62-56)43-22-14-21-42-41-20-7-12-27-51(41)65-55(42)43)37-31-29-35(30-32-37)54-45-34-53-49(33-44(45)40-19-6-11-26-50(40)60-54)59(48-25-10-13-28-52(48)64-53)46-23-8-4-17-38(46)39-18-5-9-24-47(39)59/h1-35H;1-34H. The van der Waals surface area contributed by atoms with Gasteiger partial charge in [-0.15, -0.1) is 22.7 Å². The summed E-state index contributed by atoms with van der Waals surface area (Å²) in [5.41, 5.74) is 28.7. The minimum Gasteiger partial charge on any atom is -0.247 e. The molecular weight excluding hydrogens is 1660 g/mol. The van der Waals surface area contributed by atoms with E-state index in [4.69, 9.17) is 34.9 Å². The van der Waals surface area contributed by atoms with E-state index in [0.717, 1.165) is 99.9 Å². The van der Waals surface area contributed by atoms with E-state index in [-0.39, 0.29) is 0 Å². The van der Waals surface area contributed by atoms with Crippen LogP contribution in [0.5, 0.6) is 0 Å². The minimum absolute atomic E-state index is 0.456. The van der Waals surface area contributed by atoms with Gasteiger partial charge in [0, 0.05) is 126 Å². The van der Waals surface area contributed by atoms with Crippen LogP contribution in [0.1, 0.15) is 44.5 Å². The highest BCUT2D eigenvalue weighted by Crippen LogP contribution is 2.65. The van der Waals surface area contributed by atoms with Crippen molar-refractivity contribution in [3.05, 3.63) is 463 Å². The summed E-state index contributed by atoms with van der Waals surface area (Å²) in [6.45, 7) is 0. The van der Waals surface area contributed by atoms with E-state index in [1.165, 1.54) is 137 Å². The zero-order valence-corrected chi connectivity index (χ0v) is 72.9. The second-order valence-corrected chi connectivity index (χ2v) is 38.1. The number of fused-ring (bicyclic) bond motifs is 30. The molecule has 0 bridgehead atoms. The van der Waals surface area contributed by atoms with Gasteiger partial charge in [-0.1, -0.05) is 369 Å². The Kier molecular flexibility index (Phi) is 17.0. The van der Waals surface area contributed by atoms with Crippen LogP contribution in [0, 0.1) is 0 Å². The van der Waals surface area contributed by atoms with Gasteiger partial charge in [0.25, 0.3) is 0 Å². The van der Waals surface area contributed by atoms with E-state index in [9.17, 15) is 0 Å². The summed E-state index contributed by atoms with van der Waals surface area (Å²) in [5, 5.41) is 11.9. The molecule has 2 aliphatic heterocycles. The van der Waals surface area contributed by atoms with Gasteiger partial charge in [-0.2, -0.15) is 0 Å². The largest absolute Gasteiger partial charge is 0.247 e. The van der Waals surface area contributed by atoms with Crippen LogP contribution in [0.2, 0.25) is 0 Å². The first-order chi connectivity index (χ1) is 64.4. The monoisotopic (exact) mass is 1720 g/mol. The van der Waals surface area contributed by atoms with Gasteiger partial charge in [0.2, 0.25) is 0 Å². The number of hydrogen-bond donors (Lipinski definition) is 0. The van der Waals surface area contributed by atoms with Gasteiger partial charge < -0.3 is 0 Å². The van der Waals surface area contributed by atoms with Gasteiger partial charge in [-0.05, 0) is 150 Å². The van der Waals surface area contributed by atoms with Crippen molar-refractivity contribution in [2.24, 2.45) is 0 Å². The van der Waals surface area contributed by atoms with Crippen molar-refractivity contribution < 1.29 is 0 Å². The average Bonchev–Trinajstić information content (AvgIpc) is 1.50. The van der Waals surface area contributed by atoms with Gasteiger partial charge in [-0.25, -0.2) is 34.9 Å². The first kappa shape index (κ1) is 74.7. The fourth-order valence-corrected chi connectivity index (χ4v) is 26.1. The molecule has 11 heteroatoms. The summed E-state index contributed by atoms with van der Waals surface area (Å²) in [7, 11) is 0. The highest BCUT2D eigenvalue weighted by atomic mass is 32.2. The number of benzene rings is 18. The minimum atomic E-state index is -0.463. The molecule has 18 aromatic carbocycles. The molecule has 0 fully saturated rings. The summed E-state index contributed by atoms with van der Waals surface area (Å²) in [5.74, 6) is 2.63. The summed E-state index contributed by atoms with van der Waals surface area (Å²) in [4.78, 5) is 41.9. The van der Waals surface area contributed by atoms with Crippen molar-refractivity contribution >= 4 is 130 Å². The fourth-order valence-electron chi connectivity index (χ4n) is 21.3. The normalized spacial score (nSPS) is 13.3. The predicted octanol–water partition coefficient (Wildman–Crippen LogP) is 31.5. The first-order valence-corrected chi connectivity index (χ1v) is 47.1. The van der Waals surface area contributed by atoms with Crippen molar-refractivity contribution in [1.29, 1.82) is 0 Å². The lowest BCUT2D eigenvalue weighted by Gasteiger charge is -2.40.